The molecule has 4 nitrogen and oxygen atoms in total. The largest absolute Gasteiger partial charge is 0.329 e. The number of hydrogen-bond acceptors (Lipinski definition) is 4. The van der Waals surface area contributed by atoms with Crippen LogP contribution in [0.2, 0.25) is 0 Å². The molecule has 2 saturated carbocycles. The summed E-state index contributed by atoms with van der Waals surface area (Å²) in [4.78, 5) is 2.45. The summed E-state index contributed by atoms with van der Waals surface area (Å²) >= 11 is 0. The SMILES string of the molecule is CC(C)CN(C1CC1)C1(CN)CCCC1S(C)(=O)=O. The molecule has 0 aliphatic heterocycles. The quantitative estimate of drug-likeness (QED) is 0.802. The van der Waals surface area contributed by atoms with Gasteiger partial charge >= 0.3 is 0 Å². The van der Waals surface area contributed by atoms with Crippen molar-refractivity contribution in [1.82, 2.24) is 4.90 Å². The highest BCUT2D eigenvalue weighted by Crippen LogP contribution is 2.44. The number of nitrogens with zero attached hydrogens (tertiary/aromatic N) is 1. The lowest BCUT2D eigenvalue weighted by molar-refractivity contribution is 0.0787. The van der Waals surface area contributed by atoms with E-state index in [1.54, 1.807) is 0 Å². The van der Waals surface area contributed by atoms with Gasteiger partial charge in [0.05, 0.1) is 10.8 Å². The molecule has 0 spiro atoms. The Balaban J connectivity index is 2.33. The molecule has 2 N–H and O–H groups in total. The lowest BCUT2D eigenvalue weighted by atomic mass is 9.93. The second-order valence-corrected chi connectivity index (χ2v) is 9.02. The third-order valence-corrected chi connectivity index (χ3v) is 6.38. The Morgan fingerprint density at radius 2 is 1.95 bits per heavy atom. The fraction of sp³-hybridized carbons (Fsp3) is 1.00. The highest BCUT2D eigenvalue weighted by atomic mass is 32.2. The van der Waals surface area contributed by atoms with Gasteiger partial charge < -0.3 is 5.73 Å². The first-order valence-electron chi connectivity index (χ1n) is 7.47. The van der Waals surface area contributed by atoms with Gasteiger partial charge in [-0.2, -0.15) is 0 Å². The summed E-state index contributed by atoms with van der Waals surface area (Å²) in [5.74, 6) is 0.546. The second kappa shape index (κ2) is 5.34. The molecule has 0 aromatic heterocycles. The molecule has 5 heteroatoms. The first-order valence-corrected chi connectivity index (χ1v) is 9.42. The van der Waals surface area contributed by atoms with Crippen molar-refractivity contribution in [2.75, 3.05) is 19.3 Å². The Hall–Kier alpha value is -0.130. The van der Waals surface area contributed by atoms with E-state index in [-0.39, 0.29) is 10.8 Å². The zero-order valence-corrected chi connectivity index (χ0v) is 13.2. The summed E-state index contributed by atoms with van der Waals surface area (Å²) in [6, 6.07) is 0.563. The molecule has 0 amide bonds. The Morgan fingerprint density at radius 3 is 2.37 bits per heavy atom. The van der Waals surface area contributed by atoms with Crippen LogP contribution in [0.5, 0.6) is 0 Å². The van der Waals surface area contributed by atoms with Gasteiger partial charge in [-0.25, -0.2) is 8.42 Å². The van der Waals surface area contributed by atoms with E-state index in [0.29, 0.717) is 18.5 Å². The predicted octanol–water partition coefficient (Wildman–Crippen LogP) is 1.40. The fourth-order valence-electron chi connectivity index (χ4n) is 3.79. The van der Waals surface area contributed by atoms with Crippen molar-refractivity contribution in [3.05, 3.63) is 0 Å². The molecule has 2 atom stereocenters. The van der Waals surface area contributed by atoms with Crippen molar-refractivity contribution in [2.24, 2.45) is 11.7 Å². The van der Waals surface area contributed by atoms with Gasteiger partial charge in [0, 0.05) is 25.4 Å². The summed E-state index contributed by atoms with van der Waals surface area (Å²) in [5, 5.41) is -0.274. The molecular formula is C14H28N2O2S. The predicted molar refractivity (Wildman–Crippen MR) is 78.8 cm³/mol. The molecule has 2 rings (SSSR count). The van der Waals surface area contributed by atoms with E-state index in [0.717, 1.165) is 25.8 Å². The first kappa shape index (κ1) is 15.3. The van der Waals surface area contributed by atoms with E-state index in [1.165, 1.54) is 19.1 Å². The Morgan fingerprint density at radius 1 is 1.32 bits per heavy atom. The average Bonchev–Trinajstić information content (AvgIpc) is 3.02. The van der Waals surface area contributed by atoms with Crippen molar-refractivity contribution >= 4 is 9.84 Å². The van der Waals surface area contributed by atoms with Gasteiger partial charge in [-0.3, -0.25) is 4.90 Å². The minimum Gasteiger partial charge on any atom is -0.329 e. The molecule has 0 bridgehead atoms. The van der Waals surface area contributed by atoms with Crippen LogP contribution in [0.4, 0.5) is 0 Å². The molecule has 0 aromatic carbocycles. The van der Waals surface area contributed by atoms with Crippen molar-refractivity contribution in [2.45, 2.75) is 62.8 Å². The Bertz CT molecular complexity index is 417. The summed E-state index contributed by atoms with van der Waals surface area (Å²) in [6.45, 7) is 5.83. The summed E-state index contributed by atoms with van der Waals surface area (Å²) in [7, 11) is -3.03. The van der Waals surface area contributed by atoms with Crippen LogP contribution in [-0.4, -0.2) is 49.5 Å². The number of rotatable bonds is 6. The van der Waals surface area contributed by atoms with Gasteiger partial charge in [-0.15, -0.1) is 0 Å². The number of nitrogens with two attached hydrogens (primary N) is 1. The van der Waals surface area contributed by atoms with E-state index >= 15 is 0 Å². The van der Waals surface area contributed by atoms with Crippen molar-refractivity contribution < 1.29 is 8.42 Å². The molecule has 0 heterocycles. The maximum absolute atomic E-state index is 12.2. The highest BCUT2D eigenvalue weighted by molar-refractivity contribution is 7.91. The molecule has 2 fully saturated rings. The van der Waals surface area contributed by atoms with Crippen LogP contribution in [0.25, 0.3) is 0 Å². The molecule has 2 aliphatic rings. The van der Waals surface area contributed by atoms with E-state index in [1.807, 2.05) is 0 Å². The fourth-order valence-corrected chi connectivity index (χ4v) is 5.53. The molecular weight excluding hydrogens is 260 g/mol. The molecule has 0 saturated heterocycles. The summed E-state index contributed by atoms with van der Waals surface area (Å²) < 4.78 is 24.3. The number of hydrogen-bond donors (Lipinski definition) is 1. The molecule has 0 aromatic rings. The van der Waals surface area contributed by atoms with E-state index in [2.05, 4.69) is 18.7 Å². The van der Waals surface area contributed by atoms with Crippen molar-refractivity contribution in [3.8, 4) is 0 Å². The average molecular weight is 288 g/mol. The third-order valence-electron chi connectivity index (χ3n) is 4.67. The van der Waals surface area contributed by atoms with Gasteiger partial charge in [0.15, 0.2) is 9.84 Å². The van der Waals surface area contributed by atoms with Crippen LogP contribution < -0.4 is 5.73 Å². The summed E-state index contributed by atoms with van der Waals surface area (Å²) in [5.41, 5.74) is 5.79. The Labute approximate surface area is 117 Å². The minimum atomic E-state index is -3.03. The van der Waals surface area contributed by atoms with Gasteiger partial charge in [-0.05, 0) is 31.6 Å². The molecule has 112 valence electrons. The van der Waals surface area contributed by atoms with Crippen LogP contribution in [0, 0.1) is 5.92 Å². The maximum atomic E-state index is 12.2. The van der Waals surface area contributed by atoms with Crippen molar-refractivity contribution in [3.63, 3.8) is 0 Å². The van der Waals surface area contributed by atoms with E-state index in [9.17, 15) is 8.42 Å². The van der Waals surface area contributed by atoms with Crippen LogP contribution >= 0.6 is 0 Å². The smallest absolute Gasteiger partial charge is 0.152 e. The molecule has 0 radical (unpaired) electrons. The van der Waals surface area contributed by atoms with Crippen LogP contribution in [0.1, 0.15) is 46.0 Å². The zero-order valence-electron chi connectivity index (χ0n) is 12.4. The van der Waals surface area contributed by atoms with Crippen molar-refractivity contribution in [1.29, 1.82) is 0 Å². The lowest BCUT2D eigenvalue weighted by Gasteiger charge is -2.45. The van der Waals surface area contributed by atoms with Gasteiger partial charge in [0.2, 0.25) is 0 Å². The number of sulfone groups is 1. The van der Waals surface area contributed by atoms with Crippen LogP contribution in [0.3, 0.4) is 0 Å². The zero-order chi connectivity index (χ0) is 14.3. The van der Waals surface area contributed by atoms with Crippen LogP contribution in [0.15, 0.2) is 0 Å². The molecule has 2 unspecified atom stereocenters. The van der Waals surface area contributed by atoms with E-state index in [4.69, 9.17) is 5.73 Å². The highest BCUT2D eigenvalue weighted by Gasteiger charge is 2.54. The lowest BCUT2D eigenvalue weighted by Crippen LogP contribution is -2.62. The van der Waals surface area contributed by atoms with Gasteiger partial charge in [-0.1, -0.05) is 20.3 Å². The second-order valence-electron chi connectivity index (χ2n) is 6.80. The monoisotopic (exact) mass is 288 g/mol. The van der Waals surface area contributed by atoms with Crippen LogP contribution in [-0.2, 0) is 9.84 Å². The standard InChI is InChI=1S/C14H28N2O2S/c1-11(2)9-16(12-6-7-12)14(10-15)8-4-5-13(14)19(3,17)18/h11-13H,4-10,15H2,1-3H3. The minimum absolute atomic E-state index is 0.274. The van der Waals surface area contributed by atoms with Gasteiger partial charge in [0.1, 0.15) is 0 Å². The first-order chi connectivity index (χ1) is 8.81. The normalized spacial score (nSPS) is 32.4. The third kappa shape index (κ3) is 2.98. The Kier molecular flexibility index (Phi) is 4.29. The van der Waals surface area contributed by atoms with E-state index < -0.39 is 9.84 Å². The summed E-state index contributed by atoms with van der Waals surface area (Å²) in [6.07, 6.45) is 6.47. The molecule has 19 heavy (non-hydrogen) atoms. The topological polar surface area (TPSA) is 63.4 Å². The van der Waals surface area contributed by atoms with Gasteiger partial charge in [0.25, 0.3) is 0 Å². The maximum Gasteiger partial charge on any atom is 0.152 e. The molecule has 2 aliphatic carbocycles.